The van der Waals surface area contributed by atoms with Gasteiger partial charge in [0.2, 0.25) is 0 Å². The summed E-state index contributed by atoms with van der Waals surface area (Å²) >= 11 is 1.59. The first-order chi connectivity index (χ1) is 9.99. The largest absolute Gasteiger partial charge is 0.481 e. The van der Waals surface area contributed by atoms with E-state index >= 15 is 0 Å². The lowest BCUT2D eigenvalue weighted by molar-refractivity contribution is -0.138. The number of hydrogen-bond donors (Lipinski definition) is 2. The van der Waals surface area contributed by atoms with Crippen molar-refractivity contribution in [2.45, 2.75) is 46.0 Å². The van der Waals surface area contributed by atoms with Gasteiger partial charge in [-0.2, -0.15) is 0 Å². The molecule has 21 heavy (non-hydrogen) atoms. The molecule has 1 heterocycles. The molecule has 1 aromatic rings. The van der Waals surface area contributed by atoms with Gasteiger partial charge in [-0.1, -0.05) is 20.3 Å². The minimum atomic E-state index is -0.809. The van der Waals surface area contributed by atoms with Crippen molar-refractivity contribution in [1.29, 1.82) is 0 Å². The summed E-state index contributed by atoms with van der Waals surface area (Å²) in [6.07, 6.45) is 4.20. The number of hydrogen-bond acceptors (Lipinski definition) is 3. The number of carboxylic acid groups (broad SMARTS) is 1. The van der Waals surface area contributed by atoms with E-state index in [1.54, 1.807) is 11.3 Å². The predicted octanol–water partition coefficient (Wildman–Crippen LogP) is 3.10. The van der Waals surface area contributed by atoms with E-state index in [-0.39, 0.29) is 18.2 Å². The highest BCUT2D eigenvalue weighted by Crippen LogP contribution is 2.32. The fourth-order valence-electron chi connectivity index (χ4n) is 2.75. The Labute approximate surface area is 129 Å². The maximum absolute atomic E-state index is 12.2. The van der Waals surface area contributed by atoms with Crippen LogP contribution in [0.1, 0.15) is 53.2 Å². The first-order valence-corrected chi connectivity index (χ1v) is 8.42. The van der Waals surface area contributed by atoms with E-state index in [0.29, 0.717) is 12.5 Å². The molecule has 0 radical (unpaired) electrons. The molecule has 1 aliphatic rings. The predicted molar refractivity (Wildman–Crippen MR) is 83.9 cm³/mol. The monoisotopic (exact) mass is 309 g/mol. The zero-order valence-corrected chi connectivity index (χ0v) is 13.5. The summed E-state index contributed by atoms with van der Waals surface area (Å²) in [5, 5.41) is 11.7. The lowest BCUT2D eigenvalue weighted by Crippen LogP contribution is -2.29. The van der Waals surface area contributed by atoms with Gasteiger partial charge in [-0.3, -0.25) is 9.59 Å². The van der Waals surface area contributed by atoms with Gasteiger partial charge < -0.3 is 10.4 Å². The van der Waals surface area contributed by atoms with Gasteiger partial charge >= 0.3 is 5.97 Å². The molecule has 2 unspecified atom stereocenters. The van der Waals surface area contributed by atoms with E-state index in [2.05, 4.69) is 12.2 Å². The van der Waals surface area contributed by atoms with Crippen molar-refractivity contribution in [1.82, 2.24) is 5.32 Å². The number of fused-ring (bicyclic) bond motifs is 1. The molecule has 0 aromatic carbocycles. The van der Waals surface area contributed by atoms with Crippen LogP contribution in [0.5, 0.6) is 0 Å². The Hall–Kier alpha value is -1.36. The summed E-state index contributed by atoms with van der Waals surface area (Å²) in [7, 11) is 0. The fourth-order valence-corrected chi connectivity index (χ4v) is 3.87. The smallest absolute Gasteiger partial charge is 0.303 e. The van der Waals surface area contributed by atoms with Crippen molar-refractivity contribution >= 4 is 23.2 Å². The van der Waals surface area contributed by atoms with Crippen molar-refractivity contribution in [3.05, 3.63) is 21.4 Å². The van der Waals surface area contributed by atoms with Crippen LogP contribution in [-0.4, -0.2) is 23.5 Å². The number of carboxylic acids is 1. The average molecular weight is 309 g/mol. The van der Waals surface area contributed by atoms with Crippen LogP contribution in [0, 0.1) is 11.8 Å². The molecular formula is C16H23NO3S. The van der Waals surface area contributed by atoms with E-state index in [1.165, 1.54) is 16.9 Å². The number of nitrogens with one attached hydrogen (secondary N) is 1. The molecule has 5 heteroatoms. The first kappa shape index (κ1) is 16.0. The van der Waals surface area contributed by atoms with Crippen molar-refractivity contribution in [2.75, 3.05) is 6.54 Å². The third-order valence-electron chi connectivity index (χ3n) is 4.14. The van der Waals surface area contributed by atoms with Gasteiger partial charge in [-0.15, -0.1) is 11.3 Å². The Balaban J connectivity index is 1.93. The van der Waals surface area contributed by atoms with Crippen LogP contribution in [-0.2, 0) is 17.6 Å². The Kier molecular flexibility index (Phi) is 5.39. The molecule has 0 saturated carbocycles. The molecule has 0 saturated heterocycles. The van der Waals surface area contributed by atoms with Gasteiger partial charge in [-0.25, -0.2) is 0 Å². The van der Waals surface area contributed by atoms with Crippen LogP contribution in [0.25, 0.3) is 0 Å². The minimum absolute atomic E-state index is 0.000980. The molecule has 1 aromatic heterocycles. The van der Waals surface area contributed by atoms with Crippen LogP contribution in [0.2, 0.25) is 0 Å². The van der Waals surface area contributed by atoms with Crippen molar-refractivity contribution in [3.63, 3.8) is 0 Å². The molecule has 2 rings (SSSR count). The lowest BCUT2D eigenvalue weighted by Gasteiger charge is -2.16. The normalized spacial score (nSPS) is 18.9. The van der Waals surface area contributed by atoms with E-state index < -0.39 is 5.97 Å². The second-order valence-corrected chi connectivity index (χ2v) is 7.13. The van der Waals surface area contributed by atoms with Gasteiger partial charge in [0.1, 0.15) is 0 Å². The van der Waals surface area contributed by atoms with Crippen molar-refractivity contribution in [2.24, 2.45) is 11.8 Å². The van der Waals surface area contributed by atoms with E-state index in [9.17, 15) is 9.59 Å². The van der Waals surface area contributed by atoms with Gasteiger partial charge in [0.15, 0.2) is 0 Å². The molecule has 2 atom stereocenters. The number of amides is 1. The molecule has 2 N–H and O–H groups in total. The highest BCUT2D eigenvalue weighted by Gasteiger charge is 2.21. The molecule has 0 bridgehead atoms. The molecule has 0 spiro atoms. The van der Waals surface area contributed by atoms with E-state index in [4.69, 9.17) is 5.11 Å². The maximum Gasteiger partial charge on any atom is 0.303 e. The van der Waals surface area contributed by atoms with Crippen LogP contribution in [0.3, 0.4) is 0 Å². The summed E-state index contributed by atoms with van der Waals surface area (Å²) in [6, 6.07) is 2.02. The minimum Gasteiger partial charge on any atom is -0.481 e. The molecule has 1 aliphatic carbocycles. The topological polar surface area (TPSA) is 66.4 Å². The van der Waals surface area contributed by atoms with Crippen LogP contribution < -0.4 is 5.32 Å². The van der Waals surface area contributed by atoms with Gasteiger partial charge in [0.25, 0.3) is 5.91 Å². The van der Waals surface area contributed by atoms with Gasteiger partial charge in [0.05, 0.1) is 4.88 Å². The summed E-state index contributed by atoms with van der Waals surface area (Å²) < 4.78 is 0. The SMILES string of the molecule is CCC(CNC(=O)c1cc2c(s1)CCC(C)C2)CC(=O)O. The summed E-state index contributed by atoms with van der Waals surface area (Å²) in [5.41, 5.74) is 1.32. The first-order valence-electron chi connectivity index (χ1n) is 7.61. The van der Waals surface area contributed by atoms with Gasteiger partial charge in [-0.05, 0) is 42.7 Å². The second-order valence-electron chi connectivity index (χ2n) is 5.99. The van der Waals surface area contributed by atoms with E-state index in [1.807, 2.05) is 13.0 Å². The number of rotatable bonds is 6. The molecular weight excluding hydrogens is 286 g/mol. The van der Waals surface area contributed by atoms with Crippen LogP contribution in [0.4, 0.5) is 0 Å². The standard InChI is InChI=1S/C16H23NO3S/c1-3-11(7-15(18)19)9-17-16(20)14-8-12-6-10(2)4-5-13(12)21-14/h8,10-11H,3-7,9H2,1-2H3,(H,17,20)(H,18,19). The Morgan fingerprint density at radius 2 is 2.29 bits per heavy atom. The Morgan fingerprint density at radius 1 is 1.52 bits per heavy atom. The highest BCUT2D eigenvalue weighted by molar-refractivity contribution is 7.14. The summed E-state index contributed by atoms with van der Waals surface area (Å²) in [6.45, 7) is 4.63. The van der Waals surface area contributed by atoms with E-state index in [0.717, 1.165) is 24.1 Å². The third-order valence-corrected chi connectivity index (χ3v) is 5.38. The van der Waals surface area contributed by atoms with Gasteiger partial charge in [0, 0.05) is 17.8 Å². The number of carbonyl (C=O) groups excluding carboxylic acids is 1. The second kappa shape index (κ2) is 7.07. The van der Waals surface area contributed by atoms with Crippen molar-refractivity contribution < 1.29 is 14.7 Å². The van der Waals surface area contributed by atoms with Crippen LogP contribution >= 0.6 is 11.3 Å². The molecule has 116 valence electrons. The molecule has 0 aliphatic heterocycles. The fraction of sp³-hybridized carbons (Fsp3) is 0.625. The number of thiophene rings is 1. The number of aryl methyl sites for hydroxylation is 1. The highest BCUT2D eigenvalue weighted by atomic mass is 32.1. The lowest BCUT2D eigenvalue weighted by atomic mass is 9.90. The zero-order chi connectivity index (χ0) is 15.4. The summed E-state index contributed by atoms with van der Waals surface area (Å²) in [5.74, 6) is -0.174. The van der Waals surface area contributed by atoms with Crippen LogP contribution in [0.15, 0.2) is 6.07 Å². The average Bonchev–Trinajstić information content (AvgIpc) is 2.85. The number of carbonyl (C=O) groups is 2. The number of aliphatic carboxylic acids is 1. The molecule has 0 fully saturated rings. The van der Waals surface area contributed by atoms with Crippen molar-refractivity contribution in [3.8, 4) is 0 Å². The molecule has 4 nitrogen and oxygen atoms in total. The summed E-state index contributed by atoms with van der Waals surface area (Å²) in [4.78, 5) is 25.0. The zero-order valence-electron chi connectivity index (χ0n) is 12.6. The third kappa shape index (κ3) is 4.30. The maximum atomic E-state index is 12.2. The molecule has 1 amide bonds. The Morgan fingerprint density at radius 3 is 2.95 bits per heavy atom. The Bertz CT molecular complexity index is 524. The quantitative estimate of drug-likeness (QED) is 0.848.